The zero-order valence-corrected chi connectivity index (χ0v) is 15.0. The third kappa shape index (κ3) is 4.42. The summed E-state index contributed by atoms with van der Waals surface area (Å²) in [7, 11) is 0. The maximum atomic E-state index is 11.8. The Morgan fingerprint density at radius 3 is 2.55 bits per heavy atom. The Morgan fingerprint density at radius 1 is 1.27 bits per heavy atom. The fourth-order valence-electron chi connectivity index (χ4n) is 1.91. The van der Waals surface area contributed by atoms with E-state index in [1.807, 2.05) is 51.1 Å². The molecule has 0 atom stereocenters. The number of nitrogens with one attached hydrogen (secondary N) is 1. The van der Waals surface area contributed by atoms with Gasteiger partial charge in [-0.05, 0) is 60.0 Å². The Hall–Kier alpha value is -1.66. The summed E-state index contributed by atoms with van der Waals surface area (Å²) in [5.41, 5.74) is 5.30. The van der Waals surface area contributed by atoms with Crippen LogP contribution in [0.5, 0.6) is 5.75 Å². The van der Waals surface area contributed by atoms with E-state index in [1.54, 1.807) is 11.3 Å². The Labute approximate surface area is 142 Å². The average Bonchev–Trinajstić information content (AvgIpc) is 2.91. The van der Waals surface area contributed by atoms with Crippen molar-refractivity contribution < 1.29 is 9.53 Å². The third-order valence-electron chi connectivity index (χ3n) is 3.03. The van der Waals surface area contributed by atoms with Crippen molar-refractivity contribution in [3.05, 3.63) is 50.1 Å². The molecule has 0 saturated carbocycles. The van der Waals surface area contributed by atoms with Gasteiger partial charge in [0.15, 0.2) is 6.61 Å². The summed E-state index contributed by atoms with van der Waals surface area (Å²) in [6.45, 7) is 5.70. The van der Waals surface area contributed by atoms with Crippen LogP contribution >= 0.6 is 27.3 Å². The molecule has 1 aromatic carbocycles. The number of rotatable bonds is 5. The van der Waals surface area contributed by atoms with Crippen LogP contribution in [-0.4, -0.2) is 18.2 Å². The van der Waals surface area contributed by atoms with Crippen molar-refractivity contribution in [3.8, 4) is 5.75 Å². The van der Waals surface area contributed by atoms with E-state index in [1.165, 1.54) is 0 Å². The Balaban J connectivity index is 1.91. The molecular weight excluding hydrogens is 364 g/mol. The highest BCUT2D eigenvalue weighted by Crippen LogP contribution is 2.23. The molecule has 116 valence electrons. The van der Waals surface area contributed by atoms with Crippen LogP contribution < -0.4 is 10.2 Å². The number of halogens is 1. The number of para-hydroxylation sites is 1. The number of ether oxygens (including phenoxy) is 1. The summed E-state index contributed by atoms with van der Waals surface area (Å²) in [6, 6.07) is 9.77. The predicted octanol–water partition coefficient (Wildman–Crippen LogP) is 4.05. The lowest BCUT2D eigenvalue weighted by molar-refractivity contribution is -0.123. The van der Waals surface area contributed by atoms with Crippen LogP contribution in [0.2, 0.25) is 0 Å². The number of hydrogen-bond acceptors (Lipinski definition) is 4. The van der Waals surface area contributed by atoms with Crippen LogP contribution in [0.1, 0.15) is 22.9 Å². The van der Waals surface area contributed by atoms with Gasteiger partial charge in [0.25, 0.3) is 5.91 Å². The molecule has 1 amide bonds. The molecule has 0 saturated heterocycles. The van der Waals surface area contributed by atoms with Gasteiger partial charge >= 0.3 is 0 Å². The van der Waals surface area contributed by atoms with E-state index in [-0.39, 0.29) is 12.5 Å². The minimum absolute atomic E-state index is 0.0589. The maximum Gasteiger partial charge on any atom is 0.277 e. The molecule has 0 aliphatic heterocycles. The molecule has 22 heavy (non-hydrogen) atoms. The lowest BCUT2D eigenvalue weighted by atomic mass is 10.1. The number of thiophene rings is 1. The second-order valence-corrected chi connectivity index (χ2v) is 7.31. The summed E-state index contributed by atoms with van der Waals surface area (Å²) in [4.78, 5) is 12.8. The molecule has 0 bridgehead atoms. The van der Waals surface area contributed by atoms with E-state index in [2.05, 4.69) is 26.5 Å². The van der Waals surface area contributed by atoms with E-state index in [0.717, 1.165) is 31.3 Å². The molecular formula is C16H17BrN2O2S. The molecule has 1 aromatic heterocycles. The smallest absolute Gasteiger partial charge is 0.277 e. The minimum atomic E-state index is -0.280. The highest BCUT2D eigenvalue weighted by molar-refractivity contribution is 9.11. The molecule has 0 aliphatic rings. The molecule has 0 spiro atoms. The van der Waals surface area contributed by atoms with Gasteiger partial charge in [0, 0.05) is 0 Å². The van der Waals surface area contributed by atoms with E-state index < -0.39 is 0 Å². The molecule has 6 heteroatoms. The third-order valence-corrected chi connectivity index (χ3v) is 4.77. The van der Waals surface area contributed by atoms with Gasteiger partial charge in [0.1, 0.15) is 5.75 Å². The molecule has 0 aliphatic carbocycles. The van der Waals surface area contributed by atoms with Gasteiger partial charge in [-0.3, -0.25) is 4.79 Å². The van der Waals surface area contributed by atoms with Gasteiger partial charge in [0.05, 0.1) is 14.4 Å². The van der Waals surface area contributed by atoms with E-state index in [9.17, 15) is 4.79 Å². The van der Waals surface area contributed by atoms with E-state index in [4.69, 9.17) is 4.74 Å². The number of benzene rings is 1. The van der Waals surface area contributed by atoms with Gasteiger partial charge in [-0.1, -0.05) is 18.2 Å². The van der Waals surface area contributed by atoms with E-state index in [0.29, 0.717) is 0 Å². The normalized spacial score (nSPS) is 11.4. The largest absolute Gasteiger partial charge is 0.483 e. The minimum Gasteiger partial charge on any atom is -0.483 e. The quantitative estimate of drug-likeness (QED) is 0.628. The number of carbonyl (C=O) groups excluding carboxylic acids is 1. The van der Waals surface area contributed by atoms with E-state index >= 15 is 0 Å². The van der Waals surface area contributed by atoms with Crippen molar-refractivity contribution >= 4 is 38.9 Å². The first-order valence-electron chi connectivity index (χ1n) is 6.75. The molecule has 0 unspecified atom stereocenters. The first kappa shape index (κ1) is 16.7. The number of hydrogen-bond donors (Lipinski definition) is 1. The monoisotopic (exact) mass is 380 g/mol. The maximum absolute atomic E-state index is 11.8. The summed E-state index contributed by atoms with van der Waals surface area (Å²) >= 11 is 4.97. The van der Waals surface area contributed by atoms with Crippen molar-refractivity contribution in [3.63, 3.8) is 0 Å². The Kier molecular flexibility index (Phi) is 5.74. The highest BCUT2D eigenvalue weighted by atomic mass is 79.9. The molecule has 0 radical (unpaired) electrons. The van der Waals surface area contributed by atoms with Crippen LogP contribution in [0.3, 0.4) is 0 Å². The van der Waals surface area contributed by atoms with Crippen molar-refractivity contribution in [1.29, 1.82) is 0 Å². The van der Waals surface area contributed by atoms with Gasteiger partial charge in [-0.2, -0.15) is 5.10 Å². The van der Waals surface area contributed by atoms with Crippen LogP contribution in [0.4, 0.5) is 0 Å². The van der Waals surface area contributed by atoms with Crippen LogP contribution in [-0.2, 0) is 4.79 Å². The van der Waals surface area contributed by atoms with Gasteiger partial charge in [-0.15, -0.1) is 11.3 Å². The van der Waals surface area contributed by atoms with Gasteiger partial charge in [0.2, 0.25) is 0 Å². The van der Waals surface area contributed by atoms with Crippen molar-refractivity contribution in [1.82, 2.24) is 5.43 Å². The molecule has 2 rings (SSSR count). The van der Waals surface area contributed by atoms with Crippen molar-refractivity contribution in [2.24, 2.45) is 5.10 Å². The molecule has 0 fully saturated rings. The second kappa shape index (κ2) is 7.56. The number of carbonyl (C=O) groups is 1. The van der Waals surface area contributed by atoms with Crippen LogP contribution in [0.15, 0.2) is 39.2 Å². The zero-order valence-electron chi connectivity index (χ0n) is 12.6. The lowest BCUT2D eigenvalue weighted by Crippen LogP contribution is -2.25. The number of nitrogens with zero attached hydrogens (tertiary/aromatic N) is 1. The SMILES string of the molecule is C/C(=N\NC(=O)COc1c(C)cccc1C)c1ccc(Br)s1. The van der Waals surface area contributed by atoms with Gasteiger partial charge < -0.3 is 4.74 Å². The van der Waals surface area contributed by atoms with Crippen molar-refractivity contribution in [2.45, 2.75) is 20.8 Å². The molecule has 4 nitrogen and oxygen atoms in total. The topological polar surface area (TPSA) is 50.7 Å². The Morgan fingerprint density at radius 2 is 1.95 bits per heavy atom. The summed E-state index contributed by atoms with van der Waals surface area (Å²) in [6.07, 6.45) is 0. The number of amides is 1. The Bertz CT molecular complexity index is 690. The fraction of sp³-hybridized carbons (Fsp3) is 0.250. The van der Waals surface area contributed by atoms with Crippen LogP contribution in [0, 0.1) is 13.8 Å². The highest BCUT2D eigenvalue weighted by Gasteiger charge is 2.07. The van der Waals surface area contributed by atoms with Gasteiger partial charge in [-0.25, -0.2) is 5.43 Å². The first-order valence-corrected chi connectivity index (χ1v) is 8.36. The summed E-state index contributed by atoms with van der Waals surface area (Å²) in [5.74, 6) is 0.471. The average molecular weight is 381 g/mol. The zero-order chi connectivity index (χ0) is 16.1. The number of hydrazone groups is 1. The molecule has 1 N–H and O–H groups in total. The number of aryl methyl sites for hydroxylation is 2. The predicted molar refractivity (Wildman–Crippen MR) is 93.8 cm³/mol. The molecule has 1 heterocycles. The molecule has 2 aromatic rings. The second-order valence-electron chi connectivity index (χ2n) is 4.85. The standard InChI is InChI=1S/C16H17BrN2O2S/c1-10-5-4-6-11(2)16(10)21-9-15(20)19-18-12(3)13-7-8-14(17)22-13/h4-8H,9H2,1-3H3,(H,19,20)/b18-12+. The first-order chi connectivity index (χ1) is 10.5. The summed E-state index contributed by atoms with van der Waals surface area (Å²) in [5, 5.41) is 4.09. The fourth-order valence-corrected chi connectivity index (χ4v) is 3.24. The van der Waals surface area contributed by atoms with Crippen molar-refractivity contribution in [2.75, 3.05) is 6.61 Å². The lowest BCUT2D eigenvalue weighted by Gasteiger charge is -2.10. The van der Waals surface area contributed by atoms with Crippen LogP contribution in [0.25, 0.3) is 0 Å². The summed E-state index contributed by atoms with van der Waals surface area (Å²) < 4.78 is 6.61.